The van der Waals surface area contributed by atoms with Gasteiger partial charge in [-0.2, -0.15) is 0 Å². The summed E-state index contributed by atoms with van der Waals surface area (Å²) in [5.74, 6) is -2.20. The fourth-order valence-corrected chi connectivity index (χ4v) is 5.19. The van der Waals surface area contributed by atoms with Gasteiger partial charge in [-0.15, -0.1) is 0 Å². The molecule has 1 aromatic heterocycles. The predicted molar refractivity (Wildman–Crippen MR) is 155 cm³/mol. The van der Waals surface area contributed by atoms with Crippen LogP contribution in [0.25, 0.3) is 22.4 Å². The summed E-state index contributed by atoms with van der Waals surface area (Å²) in [5.41, 5.74) is 4.72. The van der Waals surface area contributed by atoms with E-state index in [4.69, 9.17) is 0 Å². The van der Waals surface area contributed by atoms with Crippen LogP contribution in [0.15, 0.2) is 84.9 Å². The second kappa shape index (κ2) is 15.3. The fourth-order valence-electron chi connectivity index (χ4n) is 5.19. The molecule has 0 saturated heterocycles. The van der Waals surface area contributed by atoms with Crippen molar-refractivity contribution >= 4 is 17.6 Å². The van der Waals surface area contributed by atoms with Gasteiger partial charge in [-0.05, 0) is 66.3 Å². The molecule has 1 heterocycles. The smallest absolute Gasteiger partial charge is 0.550 e. The van der Waals surface area contributed by atoms with Gasteiger partial charge in [0.1, 0.15) is 5.82 Å². The number of nitrogens with one attached hydrogen (secondary N) is 1. The number of carboxylic acid groups (broad SMARTS) is 1. The number of carboxylic acids is 1. The summed E-state index contributed by atoms with van der Waals surface area (Å²) in [5, 5.41) is 34.6. The van der Waals surface area contributed by atoms with Crippen molar-refractivity contribution in [2.75, 3.05) is 5.32 Å². The number of hydrogen-bond acceptors (Lipinski definition) is 5. The van der Waals surface area contributed by atoms with Gasteiger partial charge in [0.05, 0.1) is 23.5 Å². The topological polar surface area (TPSA) is 115 Å². The van der Waals surface area contributed by atoms with Crippen molar-refractivity contribution in [2.45, 2.75) is 57.8 Å². The Morgan fingerprint density at radius 2 is 1.48 bits per heavy atom. The maximum atomic E-state index is 14.0. The number of benzene rings is 3. The van der Waals surface area contributed by atoms with Crippen LogP contribution in [0.4, 0.5) is 10.1 Å². The van der Waals surface area contributed by atoms with Crippen LogP contribution < -0.4 is 40.0 Å². The maximum Gasteiger partial charge on any atom is 1.00 e. The fraction of sp³-hybridized carbons (Fsp3) is 0.273. The van der Waals surface area contributed by atoms with E-state index in [-0.39, 0.29) is 60.8 Å². The molecule has 0 bridgehead atoms. The first-order chi connectivity index (χ1) is 19.7. The number of aliphatic carboxylic acids is 1. The van der Waals surface area contributed by atoms with E-state index < -0.39 is 30.4 Å². The SMILES string of the molecule is CC(C)c1c(C(=O)Nc2ccccc2)c(-c2ccccc2)c(-c2ccc(F)cc2)n1CC[C@H](O)C[C@@H](O)CC(=O)[O-].[Na+]. The van der Waals surface area contributed by atoms with Gasteiger partial charge < -0.3 is 30.0 Å². The van der Waals surface area contributed by atoms with Crippen LogP contribution in [0.1, 0.15) is 55.1 Å². The number of para-hydroxylation sites is 1. The third kappa shape index (κ3) is 8.18. The minimum Gasteiger partial charge on any atom is -0.550 e. The van der Waals surface area contributed by atoms with Crippen LogP contribution in [0, 0.1) is 5.82 Å². The van der Waals surface area contributed by atoms with Gasteiger partial charge in [-0.25, -0.2) is 4.39 Å². The molecule has 42 heavy (non-hydrogen) atoms. The van der Waals surface area contributed by atoms with E-state index in [9.17, 15) is 29.3 Å². The van der Waals surface area contributed by atoms with Crippen LogP contribution in [0.5, 0.6) is 0 Å². The summed E-state index contributed by atoms with van der Waals surface area (Å²) in [7, 11) is 0. The number of carbonyl (C=O) groups excluding carboxylic acids is 2. The first kappa shape index (κ1) is 33.2. The average molecular weight is 581 g/mol. The van der Waals surface area contributed by atoms with E-state index in [0.717, 1.165) is 11.3 Å². The van der Waals surface area contributed by atoms with E-state index in [1.54, 1.807) is 24.3 Å². The third-order valence-corrected chi connectivity index (χ3v) is 6.92. The summed E-state index contributed by atoms with van der Waals surface area (Å²) in [6, 6.07) is 24.7. The number of amides is 1. The van der Waals surface area contributed by atoms with E-state index in [1.807, 2.05) is 66.9 Å². The molecule has 0 aliphatic carbocycles. The molecule has 0 spiro atoms. The maximum absolute atomic E-state index is 14.0. The molecule has 0 fully saturated rings. The van der Waals surface area contributed by atoms with Gasteiger partial charge in [0.25, 0.3) is 5.91 Å². The van der Waals surface area contributed by atoms with Crippen molar-refractivity contribution in [2.24, 2.45) is 0 Å². The number of aliphatic hydroxyl groups is 2. The Hall–Kier alpha value is -3.27. The molecule has 0 unspecified atom stereocenters. The van der Waals surface area contributed by atoms with E-state index in [0.29, 0.717) is 28.1 Å². The largest absolute Gasteiger partial charge is 1.00 e. The minimum absolute atomic E-state index is 0. The van der Waals surface area contributed by atoms with Crippen LogP contribution in [-0.4, -0.2) is 38.9 Å². The van der Waals surface area contributed by atoms with E-state index in [1.165, 1.54) is 12.1 Å². The van der Waals surface area contributed by atoms with Crippen LogP contribution >= 0.6 is 0 Å². The molecular weight excluding hydrogens is 546 g/mol. The Morgan fingerprint density at radius 3 is 2.05 bits per heavy atom. The summed E-state index contributed by atoms with van der Waals surface area (Å²) >= 11 is 0. The molecule has 3 N–H and O–H groups in total. The molecule has 0 aliphatic heterocycles. The molecule has 3 aromatic carbocycles. The second-order valence-electron chi connectivity index (χ2n) is 10.4. The number of rotatable bonds is 12. The summed E-state index contributed by atoms with van der Waals surface area (Å²) in [4.78, 5) is 24.9. The molecular formula is C33H34FN2NaO5. The summed E-state index contributed by atoms with van der Waals surface area (Å²) < 4.78 is 16.0. The molecule has 7 nitrogen and oxygen atoms in total. The van der Waals surface area contributed by atoms with Gasteiger partial charge in [-0.1, -0.05) is 62.4 Å². The Morgan fingerprint density at radius 1 is 0.881 bits per heavy atom. The molecule has 4 rings (SSSR count). The molecule has 0 aliphatic rings. The standard InChI is InChI=1S/C33H35FN2O5.Na/c1-21(2)31-30(33(41)35-25-11-7-4-8-12-25)29(22-9-5-3-6-10-22)32(23-13-15-24(34)16-14-23)36(31)18-17-26(37)19-27(38)20-28(39)40;/h3-16,21,26-27,37-38H,17-20H2,1-2H3,(H,35,41)(H,39,40);/q;+1/p-1/t26-,27+;/m0./s1. The van der Waals surface area contributed by atoms with E-state index in [2.05, 4.69) is 5.32 Å². The molecule has 9 heteroatoms. The minimum atomic E-state index is -1.39. The van der Waals surface area contributed by atoms with Crippen molar-refractivity contribution in [1.82, 2.24) is 4.57 Å². The van der Waals surface area contributed by atoms with Gasteiger partial charge in [0.2, 0.25) is 0 Å². The average Bonchev–Trinajstić information content (AvgIpc) is 3.28. The Labute approximate surface area is 267 Å². The van der Waals surface area contributed by atoms with Gasteiger partial charge in [0.15, 0.2) is 0 Å². The Bertz CT molecular complexity index is 1470. The third-order valence-electron chi connectivity index (χ3n) is 6.92. The zero-order chi connectivity index (χ0) is 29.5. The quantitative estimate of drug-likeness (QED) is 0.222. The Kier molecular flexibility index (Phi) is 12.1. The van der Waals surface area contributed by atoms with Crippen LogP contribution in [0.2, 0.25) is 0 Å². The molecule has 2 atom stereocenters. The second-order valence-corrected chi connectivity index (χ2v) is 10.4. The van der Waals surface area contributed by atoms with Crippen molar-refractivity contribution in [3.63, 3.8) is 0 Å². The van der Waals surface area contributed by atoms with Crippen LogP contribution in [0.3, 0.4) is 0 Å². The number of aliphatic hydroxyl groups excluding tert-OH is 2. The van der Waals surface area contributed by atoms with Crippen molar-refractivity contribution in [3.8, 4) is 22.4 Å². The first-order valence-corrected chi connectivity index (χ1v) is 13.7. The number of aromatic nitrogens is 1. The van der Waals surface area contributed by atoms with Crippen molar-refractivity contribution in [1.29, 1.82) is 0 Å². The Balaban J connectivity index is 0.00000484. The van der Waals surface area contributed by atoms with Gasteiger partial charge in [-0.3, -0.25) is 4.79 Å². The predicted octanol–water partition coefficient (Wildman–Crippen LogP) is 1.98. The number of anilines is 1. The van der Waals surface area contributed by atoms with Gasteiger partial charge in [0, 0.05) is 35.9 Å². The monoisotopic (exact) mass is 580 g/mol. The van der Waals surface area contributed by atoms with Crippen LogP contribution in [-0.2, 0) is 11.3 Å². The zero-order valence-electron chi connectivity index (χ0n) is 24.1. The number of hydrogen-bond donors (Lipinski definition) is 3. The molecule has 0 radical (unpaired) electrons. The molecule has 0 saturated carbocycles. The zero-order valence-corrected chi connectivity index (χ0v) is 26.1. The van der Waals surface area contributed by atoms with Crippen molar-refractivity contribution < 1.29 is 58.9 Å². The summed E-state index contributed by atoms with van der Waals surface area (Å²) in [6.45, 7) is 4.22. The first-order valence-electron chi connectivity index (χ1n) is 13.7. The normalized spacial score (nSPS) is 12.4. The number of halogens is 1. The molecule has 214 valence electrons. The molecule has 4 aromatic rings. The summed E-state index contributed by atoms with van der Waals surface area (Å²) in [6.07, 6.45) is -2.77. The van der Waals surface area contributed by atoms with Gasteiger partial charge >= 0.3 is 29.6 Å². The molecule has 1 amide bonds. The van der Waals surface area contributed by atoms with Crippen molar-refractivity contribution in [3.05, 3.63) is 102 Å². The van der Waals surface area contributed by atoms with E-state index >= 15 is 0 Å². The number of carbonyl (C=O) groups is 2. The number of nitrogens with zero attached hydrogens (tertiary/aromatic N) is 1.